The molecule has 0 atom stereocenters. The lowest BCUT2D eigenvalue weighted by Gasteiger charge is -2.30. The molecule has 2 aromatic carbocycles. The van der Waals surface area contributed by atoms with E-state index >= 15 is 0 Å². The third kappa shape index (κ3) is 5.01. The maximum Gasteiger partial charge on any atom is 0.189 e. The van der Waals surface area contributed by atoms with Crippen molar-refractivity contribution in [3.05, 3.63) is 82.0 Å². The molecule has 0 saturated heterocycles. The lowest BCUT2D eigenvalue weighted by atomic mass is 9.93. The smallest absolute Gasteiger partial charge is 0.189 e. The van der Waals surface area contributed by atoms with Gasteiger partial charge < -0.3 is 14.6 Å². The summed E-state index contributed by atoms with van der Waals surface area (Å²) in [5.41, 5.74) is 3.91. The van der Waals surface area contributed by atoms with E-state index in [1.54, 1.807) is 12.1 Å². The molecule has 0 spiro atoms. The van der Waals surface area contributed by atoms with Crippen molar-refractivity contribution >= 4 is 24.0 Å². The third-order valence-electron chi connectivity index (χ3n) is 5.88. The molecule has 0 aliphatic carbocycles. The van der Waals surface area contributed by atoms with Crippen LogP contribution < -0.4 is 9.47 Å². The molecule has 176 valence electrons. The van der Waals surface area contributed by atoms with Gasteiger partial charge in [-0.3, -0.25) is 4.79 Å². The molecule has 4 nitrogen and oxygen atoms in total. The Morgan fingerprint density at radius 2 is 1.71 bits per heavy atom. The van der Waals surface area contributed by atoms with E-state index in [0.717, 1.165) is 22.4 Å². The highest BCUT2D eigenvalue weighted by Crippen LogP contribution is 2.42. The van der Waals surface area contributed by atoms with Gasteiger partial charge in [-0.15, -0.1) is 0 Å². The van der Waals surface area contributed by atoms with Crippen molar-refractivity contribution in [3.8, 4) is 17.2 Å². The third-order valence-corrected chi connectivity index (χ3v) is 5.88. The minimum atomic E-state index is -0.482. The van der Waals surface area contributed by atoms with Crippen LogP contribution in [-0.4, -0.2) is 22.1 Å². The molecule has 0 saturated carbocycles. The summed E-state index contributed by atoms with van der Waals surface area (Å²) in [7, 11) is 0. The first-order chi connectivity index (χ1) is 15.9. The van der Waals surface area contributed by atoms with Crippen LogP contribution in [0.25, 0.3) is 18.2 Å². The lowest BCUT2D eigenvalue weighted by molar-refractivity contribution is 0.104. The van der Waals surface area contributed by atoms with E-state index in [1.807, 2.05) is 84.0 Å². The molecule has 0 fully saturated rings. The number of carbonyl (C=O) groups excluding carboxylic acids is 1. The van der Waals surface area contributed by atoms with Gasteiger partial charge in [0, 0.05) is 5.56 Å². The molecular formula is C30H32O4. The molecule has 0 amide bonds. The first-order valence-corrected chi connectivity index (χ1v) is 11.6. The number of phenols is 1. The fourth-order valence-electron chi connectivity index (χ4n) is 4.01. The van der Waals surface area contributed by atoms with Crippen molar-refractivity contribution in [2.24, 2.45) is 0 Å². The van der Waals surface area contributed by atoms with Crippen LogP contribution in [0.1, 0.15) is 74.2 Å². The predicted octanol–water partition coefficient (Wildman–Crippen LogP) is 7.17. The van der Waals surface area contributed by atoms with Gasteiger partial charge in [-0.25, -0.2) is 0 Å². The molecule has 0 radical (unpaired) electrons. The van der Waals surface area contributed by atoms with Crippen molar-refractivity contribution in [1.82, 2.24) is 0 Å². The van der Waals surface area contributed by atoms with E-state index in [-0.39, 0.29) is 22.7 Å². The van der Waals surface area contributed by atoms with Crippen LogP contribution >= 0.6 is 0 Å². The number of benzene rings is 2. The van der Waals surface area contributed by atoms with Gasteiger partial charge in [-0.1, -0.05) is 29.9 Å². The fraction of sp³-hybridized carbons (Fsp3) is 0.300. The standard InChI is InChI=1S/C30H32O4/c1-19(2)7-10-22-18-24(27(32)23-14-16-30(5,6)34-28(22)23)25(31)11-8-20-9-12-26-21(17-20)13-15-29(3,4)33-26/h7-9,11-18,32H,10H2,1-6H3/b11-8+. The number of phenolic OH excluding ortho intramolecular Hbond substituents is 1. The molecule has 34 heavy (non-hydrogen) atoms. The topological polar surface area (TPSA) is 55.8 Å². The summed E-state index contributed by atoms with van der Waals surface area (Å²) >= 11 is 0. The fourth-order valence-corrected chi connectivity index (χ4v) is 4.01. The summed E-state index contributed by atoms with van der Waals surface area (Å²) < 4.78 is 12.1. The average molecular weight is 457 g/mol. The zero-order chi connectivity index (χ0) is 24.7. The van der Waals surface area contributed by atoms with Crippen molar-refractivity contribution in [1.29, 1.82) is 0 Å². The Morgan fingerprint density at radius 3 is 2.44 bits per heavy atom. The number of ketones is 1. The summed E-state index contributed by atoms with van der Waals surface area (Å²) in [5.74, 6) is 1.14. The zero-order valence-electron chi connectivity index (χ0n) is 20.7. The molecule has 1 N–H and O–H groups in total. The quantitative estimate of drug-likeness (QED) is 0.294. The lowest BCUT2D eigenvalue weighted by Crippen LogP contribution is -2.28. The number of allylic oxidation sites excluding steroid dienone is 3. The van der Waals surface area contributed by atoms with Gasteiger partial charge in [0.15, 0.2) is 5.78 Å². The van der Waals surface area contributed by atoms with Crippen LogP contribution in [0.5, 0.6) is 17.2 Å². The number of fused-ring (bicyclic) bond motifs is 2. The van der Waals surface area contributed by atoms with Crippen LogP contribution in [0.15, 0.2) is 54.1 Å². The molecule has 0 aromatic heterocycles. The Hall–Kier alpha value is -3.53. The van der Waals surface area contributed by atoms with Gasteiger partial charge in [-0.2, -0.15) is 0 Å². The van der Waals surface area contributed by atoms with Crippen LogP contribution in [0.3, 0.4) is 0 Å². The first-order valence-electron chi connectivity index (χ1n) is 11.6. The van der Waals surface area contributed by atoms with Crippen LogP contribution in [0.4, 0.5) is 0 Å². The average Bonchev–Trinajstić information content (AvgIpc) is 2.75. The highest BCUT2D eigenvalue weighted by Gasteiger charge is 2.28. The van der Waals surface area contributed by atoms with Crippen LogP contribution in [0, 0.1) is 0 Å². The summed E-state index contributed by atoms with van der Waals surface area (Å²) in [6.45, 7) is 12.0. The van der Waals surface area contributed by atoms with Crippen molar-refractivity contribution in [3.63, 3.8) is 0 Å². The molecule has 0 unspecified atom stereocenters. The first kappa shape index (κ1) is 23.6. The minimum absolute atomic E-state index is 0.0543. The zero-order valence-corrected chi connectivity index (χ0v) is 20.7. The molecule has 0 bridgehead atoms. The Balaban J connectivity index is 1.67. The second-order valence-electron chi connectivity index (χ2n) is 10.2. The van der Waals surface area contributed by atoms with E-state index in [2.05, 4.69) is 6.08 Å². The minimum Gasteiger partial charge on any atom is -0.506 e. The summed E-state index contributed by atoms with van der Waals surface area (Å²) in [6.07, 6.45) is 13.8. The highest BCUT2D eigenvalue weighted by atomic mass is 16.5. The van der Waals surface area contributed by atoms with Crippen LogP contribution in [0.2, 0.25) is 0 Å². The van der Waals surface area contributed by atoms with Gasteiger partial charge in [0.1, 0.15) is 28.5 Å². The van der Waals surface area contributed by atoms with Crippen LogP contribution in [-0.2, 0) is 6.42 Å². The van der Waals surface area contributed by atoms with Gasteiger partial charge in [0.25, 0.3) is 0 Å². The van der Waals surface area contributed by atoms with Crippen molar-refractivity contribution < 1.29 is 19.4 Å². The Labute approximate surface area is 201 Å². The van der Waals surface area contributed by atoms with E-state index in [4.69, 9.17) is 9.47 Å². The number of hydrogen-bond acceptors (Lipinski definition) is 4. The molecular weight excluding hydrogens is 424 g/mol. The molecule has 2 aromatic rings. The Morgan fingerprint density at radius 1 is 1.00 bits per heavy atom. The molecule has 2 heterocycles. The molecule has 2 aliphatic heterocycles. The van der Waals surface area contributed by atoms with E-state index in [1.165, 1.54) is 11.6 Å². The summed E-state index contributed by atoms with van der Waals surface area (Å²) in [5, 5.41) is 11.0. The maximum atomic E-state index is 13.2. The number of carbonyl (C=O) groups is 1. The molecule has 4 rings (SSSR count). The Kier molecular flexibility index (Phi) is 6.03. The van der Waals surface area contributed by atoms with E-state index < -0.39 is 5.60 Å². The predicted molar refractivity (Wildman–Crippen MR) is 139 cm³/mol. The number of ether oxygens (including phenoxy) is 2. The second kappa shape index (κ2) is 8.68. The summed E-state index contributed by atoms with van der Waals surface area (Å²) in [4.78, 5) is 13.2. The summed E-state index contributed by atoms with van der Waals surface area (Å²) in [6, 6.07) is 7.57. The number of aromatic hydroxyl groups is 1. The van der Waals surface area contributed by atoms with Gasteiger partial charge >= 0.3 is 0 Å². The maximum absolute atomic E-state index is 13.2. The monoisotopic (exact) mass is 456 g/mol. The molecule has 2 aliphatic rings. The second-order valence-corrected chi connectivity index (χ2v) is 10.2. The van der Waals surface area contributed by atoms with Gasteiger partial charge in [0.2, 0.25) is 0 Å². The largest absolute Gasteiger partial charge is 0.506 e. The van der Waals surface area contributed by atoms with Crippen molar-refractivity contribution in [2.75, 3.05) is 0 Å². The number of hydrogen-bond donors (Lipinski definition) is 1. The SMILES string of the molecule is CC(C)=CCc1cc(C(=O)/C=C/c2ccc3c(c2)C=CC(C)(C)O3)c(O)c2c1OC(C)(C)C=C2. The number of rotatable bonds is 5. The highest BCUT2D eigenvalue weighted by molar-refractivity contribution is 6.09. The van der Waals surface area contributed by atoms with Crippen molar-refractivity contribution in [2.45, 2.75) is 59.2 Å². The van der Waals surface area contributed by atoms with Gasteiger partial charge in [-0.05, 0) is 102 Å². The van der Waals surface area contributed by atoms with Gasteiger partial charge in [0.05, 0.1) is 11.1 Å². The Bertz CT molecular complexity index is 1270. The van der Waals surface area contributed by atoms with E-state index in [0.29, 0.717) is 17.7 Å². The van der Waals surface area contributed by atoms with E-state index in [9.17, 15) is 9.90 Å². The molecule has 4 heteroatoms. The normalized spacial score (nSPS) is 16.9.